The normalized spacial score (nSPS) is 15.0. The number of nitrogens with one attached hydrogen (secondary N) is 2. The Labute approximate surface area is 169 Å². The lowest BCUT2D eigenvalue weighted by atomic mass is 10.2. The summed E-state index contributed by atoms with van der Waals surface area (Å²) in [4.78, 5) is 4.62. The third-order valence-electron chi connectivity index (χ3n) is 4.57. The molecule has 1 aliphatic rings. The van der Waals surface area contributed by atoms with Crippen LogP contribution in [0.5, 0.6) is 11.5 Å². The summed E-state index contributed by atoms with van der Waals surface area (Å²) in [5.74, 6) is 1.33. The third kappa shape index (κ3) is 4.28. The summed E-state index contributed by atoms with van der Waals surface area (Å²) in [7, 11) is 4.95. The second-order valence-corrected chi connectivity index (χ2v) is 7.14. The van der Waals surface area contributed by atoms with Gasteiger partial charge in [0.2, 0.25) is 0 Å². The summed E-state index contributed by atoms with van der Waals surface area (Å²) >= 11 is 1.53. The van der Waals surface area contributed by atoms with Crippen LogP contribution in [-0.2, 0) is 11.3 Å². The molecule has 0 amide bonds. The van der Waals surface area contributed by atoms with Crippen molar-refractivity contribution < 1.29 is 14.2 Å². The van der Waals surface area contributed by atoms with E-state index in [1.807, 2.05) is 18.2 Å². The maximum absolute atomic E-state index is 5.34. The first-order valence-electron chi connectivity index (χ1n) is 8.93. The highest BCUT2D eigenvalue weighted by Gasteiger charge is 2.16. The molecular formula is C20H26N4O3S. The van der Waals surface area contributed by atoms with Crippen molar-refractivity contribution in [2.45, 2.75) is 20.4 Å². The number of ether oxygens (including phenoxy) is 3. The van der Waals surface area contributed by atoms with E-state index in [0.29, 0.717) is 18.1 Å². The van der Waals surface area contributed by atoms with E-state index in [-0.39, 0.29) is 0 Å². The molecule has 0 atom stereocenters. The summed E-state index contributed by atoms with van der Waals surface area (Å²) in [5, 5.41) is 2.82. The van der Waals surface area contributed by atoms with Crippen molar-refractivity contribution in [1.29, 1.82) is 0 Å². The molecule has 0 radical (unpaired) electrons. The lowest BCUT2D eigenvalue weighted by molar-refractivity contribution is 0.186. The number of aliphatic imine (C=N–C) groups is 1. The summed E-state index contributed by atoms with van der Waals surface area (Å²) in [6, 6.07) is 7.76. The first-order valence-corrected chi connectivity index (χ1v) is 9.81. The van der Waals surface area contributed by atoms with Crippen molar-refractivity contribution in [2.24, 2.45) is 4.99 Å². The number of nitrogens with zero attached hydrogens (tertiary/aromatic N) is 2. The van der Waals surface area contributed by atoms with Crippen LogP contribution in [0.4, 0.5) is 5.69 Å². The maximum atomic E-state index is 5.34. The van der Waals surface area contributed by atoms with E-state index < -0.39 is 0 Å². The number of hydrogen-bond acceptors (Lipinski definition) is 6. The molecule has 0 bridgehead atoms. The largest absolute Gasteiger partial charge is 0.493 e. The van der Waals surface area contributed by atoms with E-state index in [1.54, 1.807) is 21.3 Å². The minimum atomic E-state index is 0.651. The first kappa shape index (κ1) is 20.2. The van der Waals surface area contributed by atoms with Gasteiger partial charge in [-0.15, -0.1) is 0 Å². The molecule has 0 fully saturated rings. The van der Waals surface area contributed by atoms with Crippen LogP contribution in [0.25, 0.3) is 5.70 Å². The van der Waals surface area contributed by atoms with Gasteiger partial charge in [-0.25, -0.2) is 4.99 Å². The highest BCUT2D eigenvalue weighted by molar-refractivity contribution is 8.16. The van der Waals surface area contributed by atoms with Crippen LogP contribution in [0.2, 0.25) is 0 Å². The topological polar surface area (TPSA) is 69.0 Å². The number of amidine groups is 1. The van der Waals surface area contributed by atoms with E-state index in [1.165, 1.54) is 28.7 Å². The first-order chi connectivity index (χ1) is 13.6. The highest BCUT2D eigenvalue weighted by Crippen LogP contribution is 2.32. The monoisotopic (exact) mass is 402 g/mol. The number of rotatable bonds is 7. The van der Waals surface area contributed by atoms with Gasteiger partial charge in [-0.2, -0.15) is 0 Å². The second-order valence-electron chi connectivity index (χ2n) is 6.28. The van der Waals surface area contributed by atoms with Gasteiger partial charge in [0.05, 0.1) is 32.2 Å². The van der Waals surface area contributed by atoms with Crippen LogP contribution >= 0.6 is 11.8 Å². The Morgan fingerprint density at radius 3 is 2.46 bits per heavy atom. The maximum Gasteiger partial charge on any atom is 0.184 e. The summed E-state index contributed by atoms with van der Waals surface area (Å²) in [6.45, 7) is 5.77. The molecule has 0 saturated carbocycles. The predicted molar refractivity (Wildman–Crippen MR) is 114 cm³/mol. The molecule has 0 unspecified atom stereocenters. The van der Waals surface area contributed by atoms with Crippen molar-refractivity contribution >= 4 is 28.3 Å². The average molecular weight is 403 g/mol. The molecule has 3 rings (SSSR count). The quantitative estimate of drug-likeness (QED) is 0.738. The zero-order valence-corrected chi connectivity index (χ0v) is 17.6. The Balaban J connectivity index is 1.77. The van der Waals surface area contributed by atoms with Crippen molar-refractivity contribution in [1.82, 2.24) is 15.4 Å². The van der Waals surface area contributed by atoms with Crippen LogP contribution in [0.15, 0.2) is 34.7 Å². The number of thioether (sulfide) groups is 1. The zero-order valence-electron chi connectivity index (χ0n) is 16.8. The number of methoxy groups -OCH3 is 3. The molecule has 7 nitrogen and oxygen atoms in total. The second kappa shape index (κ2) is 9.07. The lowest BCUT2D eigenvalue weighted by Crippen LogP contribution is -2.36. The van der Waals surface area contributed by atoms with E-state index >= 15 is 0 Å². The molecule has 28 heavy (non-hydrogen) atoms. The molecule has 8 heteroatoms. The number of aromatic nitrogens is 1. The van der Waals surface area contributed by atoms with E-state index in [4.69, 9.17) is 14.2 Å². The van der Waals surface area contributed by atoms with E-state index in [2.05, 4.69) is 45.7 Å². The van der Waals surface area contributed by atoms with Gasteiger partial charge < -0.3 is 18.8 Å². The van der Waals surface area contributed by atoms with Gasteiger partial charge in [-0.05, 0) is 32.0 Å². The van der Waals surface area contributed by atoms with Crippen molar-refractivity contribution in [3.63, 3.8) is 0 Å². The molecule has 1 aromatic heterocycles. The van der Waals surface area contributed by atoms with Gasteiger partial charge >= 0.3 is 0 Å². The van der Waals surface area contributed by atoms with Gasteiger partial charge in [-0.3, -0.25) is 10.9 Å². The summed E-state index contributed by atoms with van der Waals surface area (Å²) in [6.07, 6.45) is 0. The molecule has 2 aromatic rings. The molecule has 2 heterocycles. The predicted octanol–water partition coefficient (Wildman–Crippen LogP) is 3.60. The Kier molecular flexibility index (Phi) is 6.53. The third-order valence-corrected chi connectivity index (χ3v) is 5.34. The van der Waals surface area contributed by atoms with E-state index in [0.717, 1.165) is 23.1 Å². The Hall–Kier alpha value is -2.58. The van der Waals surface area contributed by atoms with Crippen LogP contribution in [0, 0.1) is 13.8 Å². The number of hydrogen-bond donors (Lipinski definition) is 2. The standard InChI is InChI=1S/C20H26N4O3S/c1-13-10-16(14(2)24(13)8-9-25-3)17-12-28-20(23-22-17)21-15-6-7-18(26-4)19(11-15)27-5/h6-7,10-12,22H,8-9H2,1-5H3,(H,21,23). The van der Waals surface area contributed by atoms with Gasteiger partial charge in [0, 0.05) is 42.1 Å². The fourth-order valence-electron chi connectivity index (χ4n) is 3.09. The van der Waals surface area contributed by atoms with Crippen LogP contribution in [0.1, 0.15) is 17.0 Å². The fourth-order valence-corrected chi connectivity index (χ4v) is 3.78. The molecule has 1 aromatic carbocycles. The van der Waals surface area contributed by atoms with Crippen LogP contribution in [-0.4, -0.2) is 37.7 Å². The van der Waals surface area contributed by atoms with Crippen molar-refractivity contribution in [2.75, 3.05) is 27.9 Å². The minimum absolute atomic E-state index is 0.651. The van der Waals surface area contributed by atoms with Gasteiger partial charge in [-0.1, -0.05) is 11.8 Å². The smallest absolute Gasteiger partial charge is 0.184 e. The molecule has 2 N–H and O–H groups in total. The molecular weight excluding hydrogens is 376 g/mol. The molecule has 1 aliphatic heterocycles. The van der Waals surface area contributed by atoms with Gasteiger partial charge in [0.15, 0.2) is 16.7 Å². The molecule has 0 saturated heterocycles. The summed E-state index contributed by atoms with van der Waals surface area (Å²) in [5.41, 5.74) is 11.8. The molecule has 0 aliphatic carbocycles. The van der Waals surface area contributed by atoms with Crippen LogP contribution < -0.4 is 20.3 Å². The lowest BCUT2D eigenvalue weighted by Gasteiger charge is -2.19. The minimum Gasteiger partial charge on any atom is -0.493 e. The van der Waals surface area contributed by atoms with Crippen molar-refractivity contribution in [3.8, 4) is 11.5 Å². The highest BCUT2D eigenvalue weighted by atomic mass is 32.2. The zero-order chi connectivity index (χ0) is 20.1. The number of benzene rings is 1. The Morgan fingerprint density at radius 1 is 1.04 bits per heavy atom. The molecule has 150 valence electrons. The van der Waals surface area contributed by atoms with Gasteiger partial charge in [0.1, 0.15) is 0 Å². The van der Waals surface area contributed by atoms with Gasteiger partial charge in [0.25, 0.3) is 0 Å². The Morgan fingerprint density at radius 2 is 1.82 bits per heavy atom. The SMILES string of the molecule is COCCn1c(C)cc(C2=CSC(=Nc3ccc(OC)c(OC)c3)NN2)c1C. The van der Waals surface area contributed by atoms with Crippen LogP contribution in [0.3, 0.4) is 0 Å². The fraction of sp³-hybridized carbons (Fsp3) is 0.350. The average Bonchev–Trinajstić information content (AvgIpc) is 3.00. The van der Waals surface area contributed by atoms with Crippen molar-refractivity contribution in [3.05, 3.63) is 46.6 Å². The number of aryl methyl sites for hydroxylation is 1. The van der Waals surface area contributed by atoms with E-state index in [9.17, 15) is 0 Å². The summed E-state index contributed by atoms with van der Waals surface area (Å²) < 4.78 is 18.1. The Bertz CT molecular complexity index is 905. The number of hydrazine groups is 1. The molecule has 0 spiro atoms.